The van der Waals surface area contributed by atoms with Gasteiger partial charge in [0.15, 0.2) is 5.96 Å². The molecule has 2 heterocycles. The van der Waals surface area contributed by atoms with E-state index in [1.165, 1.54) is 48.8 Å². The van der Waals surface area contributed by atoms with Gasteiger partial charge in [0.2, 0.25) is 0 Å². The highest BCUT2D eigenvalue weighted by Crippen LogP contribution is 2.17. The topological polar surface area (TPSA) is 55.5 Å². The van der Waals surface area contributed by atoms with Crippen LogP contribution in [0.4, 0.5) is 0 Å². The first-order valence-corrected chi connectivity index (χ1v) is 9.08. The number of rotatable bonds is 6. The molecule has 1 aromatic carbocycles. The van der Waals surface area contributed by atoms with Crippen molar-refractivity contribution in [1.29, 1.82) is 0 Å². The summed E-state index contributed by atoms with van der Waals surface area (Å²) in [4.78, 5) is 10.2. The average Bonchev–Trinajstić information content (AvgIpc) is 3.04. The Kier molecular flexibility index (Phi) is 6.13. The quantitative estimate of drug-likeness (QED) is 0.564. The molecule has 3 N–H and O–H groups in total. The van der Waals surface area contributed by atoms with Crippen LogP contribution in [0.15, 0.2) is 35.5 Å². The number of hydrogen-bond acceptors (Lipinski definition) is 2. The number of nitrogens with one attached hydrogen (secondary N) is 3. The minimum Gasteiger partial charge on any atom is -0.361 e. The molecule has 5 nitrogen and oxygen atoms in total. The molecule has 24 heavy (non-hydrogen) atoms. The molecule has 1 saturated heterocycles. The average molecular weight is 327 g/mol. The van der Waals surface area contributed by atoms with Gasteiger partial charge in [0, 0.05) is 43.8 Å². The maximum absolute atomic E-state index is 4.32. The Morgan fingerprint density at radius 1 is 1.12 bits per heavy atom. The van der Waals surface area contributed by atoms with Crippen LogP contribution in [0.3, 0.4) is 0 Å². The van der Waals surface area contributed by atoms with Gasteiger partial charge in [0.05, 0.1) is 0 Å². The standard InChI is InChI=1S/C19H29N5/c1-20-19(22-11-14-24-12-5-2-6-13-24)21-10-9-16-15-23-18-8-4-3-7-17(16)18/h3-4,7-8,15,23H,2,5-6,9-14H2,1H3,(H2,20,21,22). The summed E-state index contributed by atoms with van der Waals surface area (Å²) in [5, 5.41) is 8.15. The lowest BCUT2D eigenvalue weighted by Gasteiger charge is -2.26. The zero-order valence-corrected chi connectivity index (χ0v) is 14.6. The first kappa shape index (κ1) is 16.8. The number of benzene rings is 1. The summed E-state index contributed by atoms with van der Waals surface area (Å²) in [6.07, 6.45) is 7.17. The number of piperidine rings is 1. The number of hydrogen-bond donors (Lipinski definition) is 3. The van der Waals surface area contributed by atoms with E-state index in [4.69, 9.17) is 0 Å². The zero-order chi connectivity index (χ0) is 16.6. The Labute approximate surface area is 144 Å². The molecule has 5 heteroatoms. The molecule has 3 rings (SSSR count). The van der Waals surface area contributed by atoms with Crippen LogP contribution in [0, 0.1) is 0 Å². The van der Waals surface area contributed by atoms with Crippen molar-refractivity contribution in [2.24, 2.45) is 4.99 Å². The van der Waals surface area contributed by atoms with Crippen LogP contribution in [0.2, 0.25) is 0 Å². The summed E-state index contributed by atoms with van der Waals surface area (Å²) in [6, 6.07) is 8.45. The van der Waals surface area contributed by atoms with E-state index in [1.807, 2.05) is 7.05 Å². The lowest BCUT2D eigenvalue weighted by molar-refractivity contribution is 0.232. The molecule has 0 spiro atoms. The number of aromatic nitrogens is 1. The Balaban J connectivity index is 1.39. The molecule has 1 aromatic heterocycles. The van der Waals surface area contributed by atoms with Gasteiger partial charge in [-0.25, -0.2) is 0 Å². The van der Waals surface area contributed by atoms with E-state index in [1.54, 1.807) is 0 Å². The third kappa shape index (κ3) is 4.51. The second kappa shape index (κ2) is 8.73. The number of para-hydroxylation sites is 1. The van der Waals surface area contributed by atoms with Crippen molar-refractivity contribution in [1.82, 2.24) is 20.5 Å². The van der Waals surface area contributed by atoms with Crippen molar-refractivity contribution >= 4 is 16.9 Å². The van der Waals surface area contributed by atoms with Crippen molar-refractivity contribution in [3.05, 3.63) is 36.0 Å². The van der Waals surface area contributed by atoms with E-state index in [2.05, 4.69) is 56.0 Å². The highest BCUT2D eigenvalue weighted by molar-refractivity contribution is 5.83. The number of aromatic amines is 1. The van der Waals surface area contributed by atoms with E-state index in [0.29, 0.717) is 0 Å². The second-order valence-electron chi connectivity index (χ2n) is 6.44. The summed E-state index contributed by atoms with van der Waals surface area (Å²) in [7, 11) is 1.84. The molecule has 0 bridgehead atoms. The summed E-state index contributed by atoms with van der Waals surface area (Å²) < 4.78 is 0. The molecule has 0 atom stereocenters. The number of fused-ring (bicyclic) bond motifs is 1. The summed E-state index contributed by atoms with van der Waals surface area (Å²) in [5.74, 6) is 0.895. The molecular formula is C19H29N5. The smallest absolute Gasteiger partial charge is 0.191 e. The van der Waals surface area contributed by atoms with Gasteiger partial charge in [-0.05, 0) is 44.0 Å². The zero-order valence-electron chi connectivity index (χ0n) is 14.6. The molecule has 0 aliphatic carbocycles. The Bertz CT molecular complexity index is 655. The number of aliphatic imine (C=N–C) groups is 1. The van der Waals surface area contributed by atoms with Crippen molar-refractivity contribution in [2.45, 2.75) is 25.7 Å². The first-order chi connectivity index (χ1) is 11.9. The minimum absolute atomic E-state index is 0.880. The molecule has 0 unspecified atom stereocenters. The maximum Gasteiger partial charge on any atom is 0.191 e. The molecule has 0 radical (unpaired) electrons. The Morgan fingerprint density at radius 3 is 2.75 bits per heavy atom. The van der Waals surface area contributed by atoms with Crippen molar-refractivity contribution in [2.75, 3.05) is 39.8 Å². The number of guanidine groups is 1. The van der Waals surface area contributed by atoms with Crippen LogP contribution < -0.4 is 10.6 Å². The van der Waals surface area contributed by atoms with Crippen molar-refractivity contribution in [3.8, 4) is 0 Å². The molecule has 1 fully saturated rings. The van der Waals surface area contributed by atoms with Crippen LogP contribution in [0.1, 0.15) is 24.8 Å². The SMILES string of the molecule is CN=C(NCCc1c[nH]c2ccccc12)NCCN1CCCCC1. The van der Waals surface area contributed by atoms with Gasteiger partial charge < -0.3 is 20.5 Å². The first-order valence-electron chi connectivity index (χ1n) is 9.08. The van der Waals surface area contributed by atoms with Crippen LogP contribution in [-0.4, -0.2) is 55.6 Å². The van der Waals surface area contributed by atoms with E-state index in [9.17, 15) is 0 Å². The second-order valence-corrected chi connectivity index (χ2v) is 6.44. The number of likely N-dealkylation sites (tertiary alicyclic amines) is 1. The van der Waals surface area contributed by atoms with Gasteiger partial charge in [-0.1, -0.05) is 24.6 Å². The fourth-order valence-corrected chi connectivity index (χ4v) is 3.39. The van der Waals surface area contributed by atoms with Crippen molar-refractivity contribution < 1.29 is 0 Å². The number of H-pyrrole nitrogens is 1. The van der Waals surface area contributed by atoms with E-state index in [-0.39, 0.29) is 0 Å². The predicted molar refractivity (Wildman–Crippen MR) is 102 cm³/mol. The lowest BCUT2D eigenvalue weighted by Crippen LogP contribution is -2.43. The van der Waals surface area contributed by atoms with Gasteiger partial charge >= 0.3 is 0 Å². The number of nitrogens with zero attached hydrogens (tertiary/aromatic N) is 2. The third-order valence-electron chi connectivity index (χ3n) is 4.75. The van der Waals surface area contributed by atoms with E-state index < -0.39 is 0 Å². The van der Waals surface area contributed by atoms with Gasteiger partial charge in [0.25, 0.3) is 0 Å². The van der Waals surface area contributed by atoms with Gasteiger partial charge in [-0.15, -0.1) is 0 Å². The van der Waals surface area contributed by atoms with Crippen molar-refractivity contribution in [3.63, 3.8) is 0 Å². The van der Waals surface area contributed by atoms with Crippen LogP contribution in [-0.2, 0) is 6.42 Å². The van der Waals surface area contributed by atoms with E-state index in [0.717, 1.165) is 32.0 Å². The minimum atomic E-state index is 0.880. The lowest BCUT2D eigenvalue weighted by atomic mass is 10.1. The normalized spacial score (nSPS) is 16.5. The third-order valence-corrected chi connectivity index (χ3v) is 4.75. The largest absolute Gasteiger partial charge is 0.361 e. The van der Waals surface area contributed by atoms with Crippen LogP contribution in [0.5, 0.6) is 0 Å². The molecule has 1 aliphatic heterocycles. The molecule has 2 aromatic rings. The summed E-state index contributed by atoms with van der Waals surface area (Å²) in [6.45, 7) is 5.42. The fourth-order valence-electron chi connectivity index (χ4n) is 3.39. The van der Waals surface area contributed by atoms with Crippen LogP contribution in [0.25, 0.3) is 10.9 Å². The molecule has 0 amide bonds. The molecule has 0 saturated carbocycles. The van der Waals surface area contributed by atoms with Gasteiger partial charge in [-0.3, -0.25) is 4.99 Å². The van der Waals surface area contributed by atoms with Gasteiger partial charge in [-0.2, -0.15) is 0 Å². The van der Waals surface area contributed by atoms with Crippen LogP contribution >= 0.6 is 0 Å². The maximum atomic E-state index is 4.32. The Morgan fingerprint density at radius 2 is 1.92 bits per heavy atom. The monoisotopic (exact) mass is 327 g/mol. The summed E-state index contributed by atoms with van der Waals surface area (Å²) >= 11 is 0. The molecule has 1 aliphatic rings. The summed E-state index contributed by atoms with van der Waals surface area (Å²) in [5.41, 5.74) is 2.55. The van der Waals surface area contributed by atoms with Gasteiger partial charge in [0.1, 0.15) is 0 Å². The highest BCUT2D eigenvalue weighted by Gasteiger charge is 2.09. The Hall–Kier alpha value is -2.01. The molecular weight excluding hydrogens is 298 g/mol. The predicted octanol–water partition coefficient (Wildman–Crippen LogP) is 2.36. The van der Waals surface area contributed by atoms with E-state index >= 15 is 0 Å². The molecule has 130 valence electrons. The highest BCUT2D eigenvalue weighted by atomic mass is 15.2. The fraction of sp³-hybridized carbons (Fsp3) is 0.526.